The van der Waals surface area contributed by atoms with Gasteiger partial charge in [-0.2, -0.15) is 4.98 Å². The summed E-state index contributed by atoms with van der Waals surface area (Å²) < 4.78 is 0. The van der Waals surface area contributed by atoms with Crippen molar-refractivity contribution >= 4 is 5.95 Å². The van der Waals surface area contributed by atoms with Crippen molar-refractivity contribution in [2.24, 2.45) is 5.73 Å². The number of nitrogen functional groups attached to an aromatic ring is 1. The molecule has 6 nitrogen and oxygen atoms in total. The number of anilines is 1. The van der Waals surface area contributed by atoms with Gasteiger partial charge in [-0.1, -0.05) is 0 Å². The second-order valence-electron chi connectivity index (χ2n) is 2.78. The number of hydrogen-bond acceptors (Lipinski definition) is 5. The highest BCUT2D eigenvalue weighted by Gasteiger charge is 2.03. The Kier molecular flexibility index (Phi) is 2.11. The van der Waals surface area contributed by atoms with Gasteiger partial charge in [0, 0.05) is 18.3 Å². The molecule has 0 aliphatic heterocycles. The zero-order chi connectivity index (χ0) is 9.97. The van der Waals surface area contributed by atoms with Crippen LogP contribution in [0.25, 0.3) is 11.4 Å². The Bertz CT molecular complexity index is 435. The zero-order valence-electron chi connectivity index (χ0n) is 7.44. The van der Waals surface area contributed by atoms with Crippen LogP contribution in [0.4, 0.5) is 5.95 Å². The van der Waals surface area contributed by atoms with Gasteiger partial charge >= 0.3 is 0 Å². The molecule has 0 aliphatic carbocycles. The molecule has 0 bridgehead atoms. The first kappa shape index (κ1) is 8.64. The fraction of sp³-hybridized carbons (Fsp3) is 0.125. The summed E-state index contributed by atoms with van der Waals surface area (Å²) in [7, 11) is 0. The highest BCUT2D eigenvalue weighted by molar-refractivity contribution is 5.55. The van der Waals surface area contributed by atoms with E-state index in [9.17, 15) is 0 Å². The third-order valence-corrected chi connectivity index (χ3v) is 1.80. The van der Waals surface area contributed by atoms with Crippen LogP contribution in [0.3, 0.4) is 0 Å². The van der Waals surface area contributed by atoms with Crippen LogP contribution in [0, 0.1) is 0 Å². The number of nitrogens with one attached hydrogen (secondary N) is 1. The third-order valence-electron chi connectivity index (χ3n) is 1.80. The second-order valence-corrected chi connectivity index (χ2v) is 2.78. The summed E-state index contributed by atoms with van der Waals surface area (Å²) in [5.74, 6) is 0.853. The van der Waals surface area contributed by atoms with Crippen LogP contribution >= 0.6 is 0 Å². The number of aromatic nitrogens is 4. The van der Waals surface area contributed by atoms with E-state index in [2.05, 4.69) is 20.2 Å². The molecule has 0 unspecified atom stereocenters. The lowest BCUT2D eigenvalue weighted by Gasteiger charge is -1.98. The molecule has 0 aromatic carbocycles. The SMILES string of the molecule is NCc1cc(-c2nc(N)n[nH]2)ccn1. The number of nitrogens with two attached hydrogens (primary N) is 2. The quantitative estimate of drug-likeness (QED) is 0.613. The third kappa shape index (κ3) is 1.55. The Balaban J connectivity index is 2.41. The standard InChI is InChI=1S/C8H10N6/c9-4-6-3-5(1-2-11-6)7-12-8(10)14-13-7/h1-3H,4,9H2,(H3,10,12,13,14). The van der Waals surface area contributed by atoms with Crippen molar-refractivity contribution in [3.63, 3.8) is 0 Å². The van der Waals surface area contributed by atoms with Crippen molar-refractivity contribution < 1.29 is 0 Å². The summed E-state index contributed by atoms with van der Waals surface area (Å²) in [6, 6.07) is 3.67. The monoisotopic (exact) mass is 190 g/mol. The van der Waals surface area contributed by atoms with E-state index in [-0.39, 0.29) is 5.95 Å². The predicted octanol–water partition coefficient (Wildman–Crippen LogP) is -0.0924. The first-order valence-corrected chi connectivity index (χ1v) is 4.13. The van der Waals surface area contributed by atoms with Gasteiger partial charge in [0.2, 0.25) is 5.95 Å². The van der Waals surface area contributed by atoms with E-state index >= 15 is 0 Å². The normalized spacial score (nSPS) is 10.4. The highest BCUT2D eigenvalue weighted by atomic mass is 15.3. The predicted molar refractivity (Wildman–Crippen MR) is 51.9 cm³/mol. The van der Waals surface area contributed by atoms with Gasteiger partial charge < -0.3 is 11.5 Å². The highest BCUT2D eigenvalue weighted by Crippen LogP contribution is 2.14. The van der Waals surface area contributed by atoms with Crippen LogP contribution in [0.1, 0.15) is 5.69 Å². The molecular weight excluding hydrogens is 180 g/mol. The van der Waals surface area contributed by atoms with E-state index in [1.54, 1.807) is 6.20 Å². The molecule has 2 aromatic rings. The molecule has 0 aliphatic rings. The van der Waals surface area contributed by atoms with Gasteiger partial charge in [-0.05, 0) is 12.1 Å². The summed E-state index contributed by atoms with van der Waals surface area (Å²) in [4.78, 5) is 8.07. The first-order chi connectivity index (χ1) is 6.79. The van der Waals surface area contributed by atoms with Crippen molar-refractivity contribution in [1.82, 2.24) is 20.2 Å². The molecule has 5 N–H and O–H groups in total. The number of aromatic amines is 1. The number of nitrogens with zero attached hydrogens (tertiary/aromatic N) is 3. The van der Waals surface area contributed by atoms with Gasteiger partial charge in [0.05, 0.1) is 5.69 Å². The lowest BCUT2D eigenvalue weighted by Crippen LogP contribution is -1.99. The molecule has 14 heavy (non-hydrogen) atoms. The molecule has 0 amide bonds. The van der Waals surface area contributed by atoms with E-state index in [1.165, 1.54) is 0 Å². The number of H-pyrrole nitrogens is 1. The van der Waals surface area contributed by atoms with Gasteiger partial charge in [0.15, 0.2) is 5.82 Å². The smallest absolute Gasteiger partial charge is 0.239 e. The van der Waals surface area contributed by atoms with Gasteiger partial charge in [-0.3, -0.25) is 10.1 Å². The summed E-state index contributed by atoms with van der Waals surface area (Å²) >= 11 is 0. The molecule has 0 saturated carbocycles. The summed E-state index contributed by atoms with van der Waals surface area (Å²) in [5.41, 5.74) is 12.5. The van der Waals surface area contributed by atoms with Gasteiger partial charge in [0.1, 0.15) is 0 Å². The Morgan fingerprint density at radius 2 is 2.29 bits per heavy atom. The van der Waals surface area contributed by atoms with Crippen molar-refractivity contribution in [2.45, 2.75) is 6.54 Å². The maximum absolute atomic E-state index is 5.47. The average molecular weight is 190 g/mol. The molecule has 0 fully saturated rings. The van der Waals surface area contributed by atoms with Gasteiger partial charge in [0.25, 0.3) is 0 Å². The molecule has 0 atom stereocenters. The zero-order valence-corrected chi connectivity index (χ0v) is 7.44. The molecular formula is C8H10N6. The van der Waals surface area contributed by atoms with Crippen LogP contribution in [0.5, 0.6) is 0 Å². The lowest BCUT2D eigenvalue weighted by atomic mass is 10.2. The Morgan fingerprint density at radius 3 is 2.93 bits per heavy atom. The summed E-state index contributed by atoms with van der Waals surface area (Å²) in [6.45, 7) is 0.400. The van der Waals surface area contributed by atoms with E-state index in [1.807, 2.05) is 12.1 Å². The van der Waals surface area contributed by atoms with Crippen LogP contribution in [-0.4, -0.2) is 20.2 Å². The molecule has 2 aromatic heterocycles. The number of hydrogen-bond donors (Lipinski definition) is 3. The van der Waals surface area contributed by atoms with Crippen molar-refractivity contribution in [1.29, 1.82) is 0 Å². The minimum absolute atomic E-state index is 0.228. The molecule has 72 valence electrons. The maximum atomic E-state index is 5.47. The Hall–Kier alpha value is -1.95. The Labute approximate surface area is 80.4 Å². The molecule has 0 spiro atoms. The number of pyridine rings is 1. The van der Waals surface area contributed by atoms with Crippen LogP contribution in [0.15, 0.2) is 18.3 Å². The first-order valence-electron chi connectivity index (χ1n) is 4.13. The summed E-state index contributed by atoms with van der Waals surface area (Å²) in [5, 5.41) is 6.46. The van der Waals surface area contributed by atoms with Crippen molar-refractivity contribution in [3.05, 3.63) is 24.0 Å². The second kappa shape index (κ2) is 3.43. The number of rotatable bonds is 2. The fourth-order valence-corrected chi connectivity index (χ4v) is 1.14. The Morgan fingerprint density at radius 1 is 1.43 bits per heavy atom. The van der Waals surface area contributed by atoms with Crippen LogP contribution in [-0.2, 0) is 6.54 Å². The van der Waals surface area contributed by atoms with E-state index in [4.69, 9.17) is 11.5 Å². The lowest BCUT2D eigenvalue weighted by molar-refractivity contribution is 0.989. The molecule has 0 radical (unpaired) electrons. The summed E-state index contributed by atoms with van der Waals surface area (Å²) in [6.07, 6.45) is 1.68. The molecule has 2 rings (SSSR count). The maximum Gasteiger partial charge on any atom is 0.239 e. The van der Waals surface area contributed by atoms with Gasteiger partial charge in [-0.25, -0.2) is 0 Å². The molecule has 6 heteroatoms. The largest absolute Gasteiger partial charge is 0.366 e. The topological polar surface area (TPSA) is 106 Å². The van der Waals surface area contributed by atoms with E-state index in [0.29, 0.717) is 12.4 Å². The van der Waals surface area contributed by atoms with Crippen LogP contribution in [0.2, 0.25) is 0 Å². The van der Waals surface area contributed by atoms with Crippen molar-refractivity contribution in [2.75, 3.05) is 5.73 Å². The average Bonchev–Trinajstić information content (AvgIpc) is 2.65. The minimum Gasteiger partial charge on any atom is -0.366 e. The molecule has 0 saturated heterocycles. The van der Waals surface area contributed by atoms with E-state index in [0.717, 1.165) is 11.3 Å². The van der Waals surface area contributed by atoms with E-state index < -0.39 is 0 Å². The molecule has 2 heterocycles. The fourth-order valence-electron chi connectivity index (χ4n) is 1.14. The van der Waals surface area contributed by atoms with Crippen molar-refractivity contribution in [3.8, 4) is 11.4 Å². The minimum atomic E-state index is 0.228. The van der Waals surface area contributed by atoms with Gasteiger partial charge in [-0.15, -0.1) is 5.10 Å². The van der Waals surface area contributed by atoms with Crippen LogP contribution < -0.4 is 11.5 Å².